The average Bonchev–Trinajstić information content (AvgIpc) is 2.82. The zero-order valence-electron chi connectivity index (χ0n) is 18.1. The first kappa shape index (κ1) is 24.4. The summed E-state index contributed by atoms with van der Waals surface area (Å²) < 4.78 is 53.2. The maximum Gasteiger partial charge on any atom is 0.422 e. The van der Waals surface area contributed by atoms with Gasteiger partial charge in [-0.25, -0.2) is 0 Å². The van der Waals surface area contributed by atoms with Crippen LogP contribution in [0.5, 0.6) is 17.2 Å². The van der Waals surface area contributed by atoms with Gasteiger partial charge in [-0.1, -0.05) is 6.07 Å². The number of nitrogens with one attached hydrogen (secondary N) is 1. The number of pyridine rings is 1. The summed E-state index contributed by atoms with van der Waals surface area (Å²) in [5.74, 6) is 0.0759. The number of carbonyl (C=O) groups excluding carboxylic acids is 1. The van der Waals surface area contributed by atoms with Crippen molar-refractivity contribution in [1.82, 2.24) is 4.98 Å². The van der Waals surface area contributed by atoms with Crippen molar-refractivity contribution in [1.29, 1.82) is 5.26 Å². The van der Waals surface area contributed by atoms with Crippen molar-refractivity contribution in [3.63, 3.8) is 0 Å². The van der Waals surface area contributed by atoms with Gasteiger partial charge in [0.05, 0.1) is 12.2 Å². The van der Waals surface area contributed by atoms with Crippen LogP contribution in [0.2, 0.25) is 0 Å². The number of hydrogen-bond donors (Lipinski definition) is 1. The van der Waals surface area contributed by atoms with Crippen LogP contribution in [0.4, 0.5) is 18.9 Å². The number of aromatic nitrogens is 1. The maximum absolute atomic E-state index is 12.7. The van der Waals surface area contributed by atoms with Crippen LogP contribution in [0.15, 0.2) is 60.9 Å². The molecule has 0 fully saturated rings. The number of nitrogens with zero attached hydrogens (tertiary/aromatic N) is 2. The first-order chi connectivity index (χ1) is 16.3. The Kier molecular flexibility index (Phi) is 7.92. The predicted molar refractivity (Wildman–Crippen MR) is 117 cm³/mol. The summed E-state index contributed by atoms with van der Waals surface area (Å²) >= 11 is 0. The van der Waals surface area contributed by atoms with Gasteiger partial charge in [0.2, 0.25) is 0 Å². The Labute approximate surface area is 193 Å². The van der Waals surface area contributed by atoms with E-state index in [1.807, 2.05) is 6.07 Å². The summed E-state index contributed by atoms with van der Waals surface area (Å²) in [7, 11) is 0. The van der Waals surface area contributed by atoms with E-state index in [2.05, 4.69) is 15.0 Å². The summed E-state index contributed by atoms with van der Waals surface area (Å²) in [5, 5.41) is 11.8. The molecular weight excluding hydrogens is 451 g/mol. The molecular formula is C24H20F3N3O4. The van der Waals surface area contributed by atoms with Crippen LogP contribution in [0, 0.1) is 11.3 Å². The highest BCUT2D eigenvalue weighted by molar-refractivity contribution is 6.04. The Balaban J connectivity index is 1.72. The Bertz CT molecular complexity index is 1180. The van der Waals surface area contributed by atoms with Crippen molar-refractivity contribution >= 4 is 11.6 Å². The van der Waals surface area contributed by atoms with Crippen LogP contribution >= 0.6 is 0 Å². The monoisotopic (exact) mass is 471 g/mol. The quantitative estimate of drug-likeness (QED) is 0.465. The standard InChI is InChI=1S/C24H20F3N3O4/c1-2-32-22-11-17(5-7-21(22)33-14-16-4-3-9-29-13-16)23(31)30-19-6-8-20(18(10-19)12-28)34-15-24(25,26)27/h3-11,13H,2,14-15H2,1H3,(H,30,31). The van der Waals surface area contributed by atoms with Crippen molar-refractivity contribution in [3.05, 3.63) is 77.6 Å². The van der Waals surface area contributed by atoms with E-state index in [0.717, 1.165) is 5.56 Å². The smallest absolute Gasteiger partial charge is 0.422 e. The Morgan fingerprint density at radius 1 is 1.06 bits per heavy atom. The number of nitriles is 1. The number of ether oxygens (including phenoxy) is 3. The fraction of sp³-hybridized carbons (Fsp3) is 0.208. The molecule has 0 bridgehead atoms. The number of hydrogen-bond acceptors (Lipinski definition) is 6. The minimum atomic E-state index is -4.54. The molecule has 0 saturated carbocycles. The van der Waals surface area contributed by atoms with E-state index >= 15 is 0 Å². The van der Waals surface area contributed by atoms with E-state index in [-0.39, 0.29) is 29.2 Å². The fourth-order valence-electron chi connectivity index (χ4n) is 2.87. The molecule has 10 heteroatoms. The van der Waals surface area contributed by atoms with Gasteiger partial charge in [-0.15, -0.1) is 0 Å². The second-order valence-corrected chi connectivity index (χ2v) is 6.93. The van der Waals surface area contributed by atoms with E-state index < -0.39 is 18.7 Å². The lowest BCUT2D eigenvalue weighted by Gasteiger charge is -2.14. The van der Waals surface area contributed by atoms with Crippen LogP contribution in [0.25, 0.3) is 0 Å². The van der Waals surface area contributed by atoms with Crippen molar-refractivity contribution < 1.29 is 32.2 Å². The Morgan fingerprint density at radius 2 is 1.85 bits per heavy atom. The normalized spacial score (nSPS) is 10.8. The van der Waals surface area contributed by atoms with Gasteiger partial charge in [0.25, 0.3) is 5.91 Å². The summed E-state index contributed by atoms with van der Waals surface area (Å²) in [5.41, 5.74) is 1.20. The van der Waals surface area contributed by atoms with E-state index in [9.17, 15) is 23.2 Å². The zero-order valence-corrected chi connectivity index (χ0v) is 18.1. The van der Waals surface area contributed by atoms with E-state index in [4.69, 9.17) is 9.47 Å². The van der Waals surface area contributed by atoms with Crippen LogP contribution in [0.1, 0.15) is 28.4 Å². The number of halogens is 3. The molecule has 3 rings (SSSR count). The maximum atomic E-state index is 12.7. The lowest BCUT2D eigenvalue weighted by atomic mass is 10.1. The molecule has 0 aliphatic heterocycles. The molecule has 176 valence electrons. The summed E-state index contributed by atoms with van der Waals surface area (Å²) in [6.07, 6.45) is -1.20. The number of amides is 1. The number of carbonyl (C=O) groups is 1. The van der Waals surface area contributed by atoms with Crippen molar-refractivity contribution in [2.24, 2.45) is 0 Å². The minimum absolute atomic E-state index is 0.142. The second-order valence-electron chi connectivity index (χ2n) is 6.93. The molecule has 7 nitrogen and oxygen atoms in total. The molecule has 0 atom stereocenters. The zero-order chi connectivity index (χ0) is 24.6. The Morgan fingerprint density at radius 3 is 2.53 bits per heavy atom. The van der Waals surface area contributed by atoms with Gasteiger partial charge in [-0.2, -0.15) is 18.4 Å². The molecule has 0 spiro atoms. The van der Waals surface area contributed by atoms with E-state index in [1.165, 1.54) is 24.3 Å². The molecule has 1 amide bonds. The van der Waals surface area contributed by atoms with E-state index in [1.54, 1.807) is 43.6 Å². The van der Waals surface area contributed by atoms with Crippen LogP contribution < -0.4 is 19.5 Å². The summed E-state index contributed by atoms with van der Waals surface area (Å²) in [6, 6.07) is 13.9. The van der Waals surface area contributed by atoms with Gasteiger partial charge in [-0.05, 0) is 49.4 Å². The molecule has 1 heterocycles. The van der Waals surface area contributed by atoms with Gasteiger partial charge in [0, 0.05) is 29.2 Å². The van der Waals surface area contributed by atoms with Gasteiger partial charge in [-0.3, -0.25) is 9.78 Å². The molecule has 1 aromatic heterocycles. The molecule has 0 aliphatic carbocycles. The minimum Gasteiger partial charge on any atom is -0.490 e. The van der Waals surface area contributed by atoms with Crippen LogP contribution in [-0.2, 0) is 6.61 Å². The number of rotatable bonds is 9. The van der Waals surface area contributed by atoms with Gasteiger partial charge in [0.1, 0.15) is 18.4 Å². The molecule has 0 saturated heterocycles. The lowest BCUT2D eigenvalue weighted by molar-refractivity contribution is -0.153. The highest BCUT2D eigenvalue weighted by Crippen LogP contribution is 2.30. The largest absolute Gasteiger partial charge is 0.490 e. The van der Waals surface area contributed by atoms with E-state index in [0.29, 0.717) is 18.1 Å². The third kappa shape index (κ3) is 6.87. The number of alkyl halides is 3. The number of benzene rings is 2. The predicted octanol–water partition coefficient (Wildman–Crippen LogP) is 5.12. The van der Waals surface area contributed by atoms with Gasteiger partial charge < -0.3 is 19.5 Å². The molecule has 1 N–H and O–H groups in total. The third-order valence-corrected chi connectivity index (χ3v) is 4.37. The third-order valence-electron chi connectivity index (χ3n) is 4.37. The molecule has 2 aromatic carbocycles. The highest BCUT2D eigenvalue weighted by atomic mass is 19.4. The van der Waals surface area contributed by atoms with Crippen LogP contribution in [-0.4, -0.2) is 30.3 Å². The van der Waals surface area contributed by atoms with Gasteiger partial charge in [0.15, 0.2) is 18.1 Å². The lowest BCUT2D eigenvalue weighted by Crippen LogP contribution is -2.19. The molecule has 3 aromatic rings. The Hall–Kier alpha value is -4.26. The first-order valence-electron chi connectivity index (χ1n) is 10.1. The molecule has 0 unspecified atom stereocenters. The molecule has 0 aliphatic rings. The first-order valence-corrected chi connectivity index (χ1v) is 10.1. The number of anilines is 1. The summed E-state index contributed by atoms with van der Waals surface area (Å²) in [6.45, 7) is 0.880. The topological polar surface area (TPSA) is 93.5 Å². The van der Waals surface area contributed by atoms with Crippen LogP contribution in [0.3, 0.4) is 0 Å². The average molecular weight is 471 g/mol. The molecule has 34 heavy (non-hydrogen) atoms. The second kappa shape index (κ2) is 11.0. The SMILES string of the molecule is CCOc1cc(C(=O)Nc2ccc(OCC(F)(F)F)c(C#N)c2)ccc1OCc1cccnc1. The molecule has 0 radical (unpaired) electrons. The van der Waals surface area contributed by atoms with Crippen molar-refractivity contribution in [3.8, 4) is 23.3 Å². The van der Waals surface area contributed by atoms with Gasteiger partial charge >= 0.3 is 6.18 Å². The summed E-state index contributed by atoms with van der Waals surface area (Å²) in [4.78, 5) is 16.8. The highest BCUT2D eigenvalue weighted by Gasteiger charge is 2.29. The van der Waals surface area contributed by atoms with Crippen molar-refractivity contribution in [2.45, 2.75) is 19.7 Å². The fourth-order valence-corrected chi connectivity index (χ4v) is 2.87. The van der Waals surface area contributed by atoms with Crippen molar-refractivity contribution in [2.75, 3.05) is 18.5 Å².